The highest BCUT2D eigenvalue weighted by atomic mass is 35.5. The van der Waals surface area contributed by atoms with Crippen molar-refractivity contribution < 1.29 is 0 Å². The largest absolute Gasteiger partial charge is 0.311 e. The summed E-state index contributed by atoms with van der Waals surface area (Å²) in [6, 6.07) is 2.03. The van der Waals surface area contributed by atoms with E-state index in [1.165, 1.54) is 0 Å². The molecule has 0 aliphatic heterocycles. The van der Waals surface area contributed by atoms with Crippen LogP contribution >= 0.6 is 11.6 Å². The fourth-order valence-electron chi connectivity index (χ4n) is 2.08. The van der Waals surface area contributed by atoms with Crippen LogP contribution in [0.25, 0.3) is 0 Å². The van der Waals surface area contributed by atoms with Gasteiger partial charge in [0.15, 0.2) is 0 Å². The summed E-state index contributed by atoms with van der Waals surface area (Å²) < 4.78 is 3.71. The molecule has 2 aromatic rings. The van der Waals surface area contributed by atoms with Crippen LogP contribution < -0.4 is 5.32 Å². The lowest BCUT2D eigenvalue weighted by Gasteiger charge is -2.05. The van der Waals surface area contributed by atoms with Crippen molar-refractivity contribution in [2.75, 3.05) is 6.54 Å². The standard InChI is InChI=1S/C14H22ClN5/c1-10(2)7-16-8-12-5-6-20(18-12)9-13-14(15)11(3)17-19(13)4/h5-6,10,16H,7-9H2,1-4H3. The molecule has 0 radical (unpaired) electrons. The molecule has 0 spiro atoms. The molecular weight excluding hydrogens is 274 g/mol. The summed E-state index contributed by atoms with van der Waals surface area (Å²) in [5, 5.41) is 13.0. The fraction of sp³-hybridized carbons (Fsp3) is 0.571. The summed E-state index contributed by atoms with van der Waals surface area (Å²) in [5.41, 5.74) is 2.88. The normalized spacial score (nSPS) is 11.5. The molecule has 0 aromatic carbocycles. The molecule has 20 heavy (non-hydrogen) atoms. The SMILES string of the molecule is Cc1nn(C)c(Cn2ccc(CNCC(C)C)n2)c1Cl. The van der Waals surface area contributed by atoms with Crippen LogP contribution in [0.3, 0.4) is 0 Å². The van der Waals surface area contributed by atoms with Crippen LogP contribution in [0.2, 0.25) is 5.02 Å². The van der Waals surface area contributed by atoms with Gasteiger partial charge in [-0.15, -0.1) is 0 Å². The highest BCUT2D eigenvalue weighted by Crippen LogP contribution is 2.20. The van der Waals surface area contributed by atoms with E-state index in [-0.39, 0.29) is 0 Å². The van der Waals surface area contributed by atoms with Gasteiger partial charge < -0.3 is 5.32 Å². The zero-order valence-electron chi connectivity index (χ0n) is 12.5. The van der Waals surface area contributed by atoms with E-state index >= 15 is 0 Å². The van der Waals surface area contributed by atoms with Crippen LogP contribution in [0.4, 0.5) is 0 Å². The first-order valence-electron chi connectivity index (χ1n) is 6.88. The number of halogens is 1. The van der Waals surface area contributed by atoms with Crippen LogP contribution in [-0.2, 0) is 20.1 Å². The van der Waals surface area contributed by atoms with E-state index in [1.54, 1.807) is 0 Å². The predicted molar refractivity (Wildman–Crippen MR) is 80.8 cm³/mol. The summed E-state index contributed by atoms with van der Waals surface area (Å²) in [5.74, 6) is 0.647. The van der Waals surface area contributed by atoms with E-state index < -0.39 is 0 Å². The number of aryl methyl sites for hydroxylation is 2. The Hall–Kier alpha value is -1.33. The molecule has 110 valence electrons. The van der Waals surface area contributed by atoms with Crippen molar-refractivity contribution in [3.05, 3.63) is 34.4 Å². The van der Waals surface area contributed by atoms with E-state index in [0.717, 1.165) is 35.2 Å². The third-order valence-electron chi connectivity index (χ3n) is 3.13. The molecule has 0 saturated carbocycles. The number of hydrogen-bond donors (Lipinski definition) is 1. The number of nitrogens with zero attached hydrogens (tertiary/aromatic N) is 4. The molecule has 0 fully saturated rings. The lowest BCUT2D eigenvalue weighted by atomic mass is 10.2. The maximum Gasteiger partial charge on any atom is 0.0866 e. The van der Waals surface area contributed by atoms with Crippen molar-refractivity contribution in [1.29, 1.82) is 0 Å². The van der Waals surface area contributed by atoms with Crippen molar-refractivity contribution >= 4 is 11.6 Å². The van der Waals surface area contributed by atoms with Gasteiger partial charge in [0.2, 0.25) is 0 Å². The highest BCUT2D eigenvalue weighted by molar-refractivity contribution is 6.31. The highest BCUT2D eigenvalue weighted by Gasteiger charge is 2.12. The van der Waals surface area contributed by atoms with Crippen LogP contribution in [-0.4, -0.2) is 26.1 Å². The Morgan fingerprint density at radius 2 is 2.10 bits per heavy atom. The van der Waals surface area contributed by atoms with Crippen molar-refractivity contribution in [2.45, 2.75) is 33.9 Å². The predicted octanol–water partition coefficient (Wildman–Crippen LogP) is 2.37. The maximum absolute atomic E-state index is 6.25. The Balaban J connectivity index is 1.99. The Morgan fingerprint density at radius 1 is 1.35 bits per heavy atom. The van der Waals surface area contributed by atoms with Gasteiger partial charge in [0.05, 0.1) is 28.6 Å². The van der Waals surface area contributed by atoms with Gasteiger partial charge in [-0.05, 0) is 25.5 Å². The smallest absolute Gasteiger partial charge is 0.0866 e. The number of hydrogen-bond acceptors (Lipinski definition) is 3. The van der Waals surface area contributed by atoms with Gasteiger partial charge in [0, 0.05) is 19.8 Å². The zero-order chi connectivity index (χ0) is 14.7. The van der Waals surface area contributed by atoms with Crippen LogP contribution in [0, 0.1) is 12.8 Å². The van der Waals surface area contributed by atoms with Gasteiger partial charge in [-0.25, -0.2) is 0 Å². The van der Waals surface area contributed by atoms with Gasteiger partial charge in [0.1, 0.15) is 0 Å². The first-order chi connectivity index (χ1) is 9.47. The quantitative estimate of drug-likeness (QED) is 0.890. The summed E-state index contributed by atoms with van der Waals surface area (Å²) >= 11 is 6.25. The number of aromatic nitrogens is 4. The summed E-state index contributed by atoms with van der Waals surface area (Å²) in [6.45, 7) is 8.73. The van der Waals surface area contributed by atoms with E-state index in [1.807, 2.05) is 35.6 Å². The molecule has 0 aliphatic rings. The second-order valence-corrected chi connectivity index (χ2v) is 5.88. The van der Waals surface area contributed by atoms with Gasteiger partial charge >= 0.3 is 0 Å². The van der Waals surface area contributed by atoms with E-state index in [2.05, 4.69) is 29.4 Å². The second kappa shape index (κ2) is 6.41. The third kappa shape index (κ3) is 3.61. The molecule has 0 bridgehead atoms. The second-order valence-electron chi connectivity index (χ2n) is 5.50. The monoisotopic (exact) mass is 295 g/mol. The minimum Gasteiger partial charge on any atom is -0.311 e. The van der Waals surface area contributed by atoms with Gasteiger partial charge in [0.25, 0.3) is 0 Å². The van der Waals surface area contributed by atoms with E-state index in [9.17, 15) is 0 Å². The summed E-state index contributed by atoms with van der Waals surface area (Å²) in [4.78, 5) is 0. The molecular formula is C14H22ClN5. The van der Waals surface area contributed by atoms with E-state index in [4.69, 9.17) is 11.6 Å². The lowest BCUT2D eigenvalue weighted by Crippen LogP contribution is -2.19. The zero-order valence-corrected chi connectivity index (χ0v) is 13.3. The first kappa shape index (κ1) is 15.1. The Labute approximate surface area is 124 Å². The van der Waals surface area contributed by atoms with E-state index in [0.29, 0.717) is 12.5 Å². The molecule has 0 saturated heterocycles. The minimum absolute atomic E-state index is 0.639. The van der Waals surface area contributed by atoms with Gasteiger partial charge in [-0.3, -0.25) is 9.36 Å². The molecule has 1 N–H and O–H groups in total. The molecule has 6 heteroatoms. The topological polar surface area (TPSA) is 47.7 Å². The maximum atomic E-state index is 6.25. The molecule has 5 nitrogen and oxygen atoms in total. The van der Waals surface area contributed by atoms with Crippen LogP contribution in [0.5, 0.6) is 0 Å². The van der Waals surface area contributed by atoms with Crippen molar-refractivity contribution in [2.24, 2.45) is 13.0 Å². The Kier molecular flexibility index (Phi) is 4.83. The van der Waals surface area contributed by atoms with Crippen LogP contribution in [0.15, 0.2) is 12.3 Å². The molecule has 2 aromatic heterocycles. The van der Waals surface area contributed by atoms with Crippen molar-refractivity contribution in [3.63, 3.8) is 0 Å². The summed E-state index contributed by atoms with van der Waals surface area (Å²) in [6.07, 6.45) is 1.98. The van der Waals surface area contributed by atoms with Gasteiger partial charge in [-0.1, -0.05) is 25.4 Å². The Bertz CT molecular complexity index is 570. The minimum atomic E-state index is 0.639. The molecule has 2 heterocycles. The Morgan fingerprint density at radius 3 is 2.70 bits per heavy atom. The average molecular weight is 296 g/mol. The molecule has 0 amide bonds. The van der Waals surface area contributed by atoms with Gasteiger partial charge in [-0.2, -0.15) is 10.2 Å². The molecule has 2 rings (SSSR count). The van der Waals surface area contributed by atoms with Crippen LogP contribution in [0.1, 0.15) is 30.9 Å². The molecule has 0 unspecified atom stereocenters. The fourth-order valence-corrected chi connectivity index (χ4v) is 2.30. The average Bonchev–Trinajstić information content (AvgIpc) is 2.90. The lowest BCUT2D eigenvalue weighted by molar-refractivity contribution is 0.541. The first-order valence-corrected chi connectivity index (χ1v) is 7.26. The number of nitrogens with one attached hydrogen (secondary N) is 1. The number of rotatable bonds is 6. The molecule has 0 aliphatic carbocycles. The summed E-state index contributed by atoms with van der Waals surface area (Å²) in [7, 11) is 1.91. The molecule has 0 atom stereocenters. The van der Waals surface area contributed by atoms with Crippen molar-refractivity contribution in [1.82, 2.24) is 24.9 Å². The van der Waals surface area contributed by atoms with Crippen molar-refractivity contribution in [3.8, 4) is 0 Å². The third-order valence-corrected chi connectivity index (χ3v) is 3.62.